The summed E-state index contributed by atoms with van der Waals surface area (Å²) in [7, 11) is 2.23. The van der Waals surface area contributed by atoms with Gasteiger partial charge in [-0.05, 0) is 52.6 Å². The quantitative estimate of drug-likeness (QED) is 0.684. The van der Waals surface area contributed by atoms with E-state index in [9.17, 15) is 4.79 Å². The number of rotatable bonds is 9. The monoisotopic (exact) mass is 362 g/mol. The van der Waals surface area contributed by atoms with Crippen molar-refractivity contribution in [3.8, 4) is 0 Å². The van der Waals surface area contributed by atoms with Gasteiger partial charge in [0.15, 0.2) is 0 Å². The topological polar surface area (TPSA) is 50.2 Å². The molecule has 2 rings (SSSR count). The number of aryl methyl sites for hydroxylation is 1. The fourth-order valence-corrected chi connectivity index (χ4v) is 4.00. The first-order valence-corrected chi connectivity index (χ1v) is 10.4. The molecule has 0 spiro atoms. The van der Waals surface area contributed by atoms with Gasteiger partial charge in [0.2, 0.25) is 5.91 Å². The molecule has 26 heavy (non-hydrogen) atoms. The van der Waals surface area contributed by atoms with Gasteiger partial charge in [0.05, 0.1) is 12.1 Å². The number of hydrogen-bond acceptors (Lipinski definition) is 3. The van der Waals surface area contributed by atoms with Crippen molar-refractivity contribution in [3.63, 3.8) is 0 Å². The van der Waals surface area contributed by atoms with Crippen LogP contribution >= 0.6 is 0 Å². The molecule has 1 N–H and O–H groups in total. The molecular formula is C21H38N4O. The average molecular weight is 363 g/mol. The molecule has 1 aromatic rings. The fourth-order valence-electron chi connectivity index (χ4n) is 4.00. The van der Waals surface area contributed by atoms with Crippen molar-refractivity contribution >= 4 is 5.91 Å². The maximum atomic E-state index is 12.3. The van der Waals surface area contributed by atoms with Crippen molar-refractivity contribution in [2.24, 2.45) is 5.92 Å². The van der Waals surface area contributed by atoms with Gasteiger partial charge in [-0.25, -0.2) is 0 Å². The van der Waals surface area contributed by atoms with E-state index in [1.54, 1.807) is 0 Å². The van der Waals surface area contributed by atoms with Crippen LogP contribution in [0.15, 0.2) is 0 Å². The Bertz CT molecular complexity index is 573. The van der Waals surface area contributed by atoms with Crippen molar-refractivity contribution < 1.29 is 4.79 Å². The summed E-state index contributed by atoms with van der Waals surface area (Å²) in [6.07, 6.45) is 8.26. The molecule has 5 nitrogen and oxygen atoms in total. The van der Waals surface area contributed by atoms with E-state index < -0.39 is 0 Å². The minimum absolute atomic E-state index is 0.112. The van der Waals surface area contributed by atoms with E-state index in [4.69, 9.17) is 0 Å². The number of carbonyl (C=O) groups is 1. The Balaban J connectivity index is 1.72. The highest BCUT2D eigenvalue weighted by atomic mass is 16.1. The lowest BCUT2D eigenvalue weighted by Crippen LogP contribution is -2.36. The standard InChI is InChI=1S/C21H38N4O/c1-16(2)15-25-18(4)20(17(3)23-25)14-21(26)22-12-9-13-24(5)19-10-7-6-8-11-19/h16,19H,6-15H2,1-5H3,(H,22,26). The minimum Gasteiger partial charge on any atom is -0.356 e. The summed E-state index contributed by atoms with van der Waals surface area (Å²) in [4.78, 5) is 14.8. The predicted molar refractivity (Wildman–Crippen MR) is 107 cm³/mol. The molecule has 1 amide bonds. The molecular weight excluding hydrogens is 324 g/mol. The first-order valence-electron chi connectivity index (χ1n) is 10.4. The molecule has 0 saturated heterocycles. The molecule has 0 aliphatic heterocycles. The first-order chi connectivity index (χ1) is 12.4. The first kappa shape index (κ1) is 20.9. The Morgan fingerprint density at radius 2 is 1.96 bits per heavy atom. The molecule has 1 aliphatic carbocycles. The smallest absolute Gasteiger partial charge is 0.224 e. The van der Waals surface area contributed by atoms with Crippen LogP contribution in [-0.2, 0) is 17.8 Å². The molecule has 0 unspecified atom stereocenters. The van der Waals surface area contributed by atoms with Crippen LogP contribution in [0.25, 0.3) is 0 Å². The summed E-state index contributed by atoms with van der Waals surface area (Å²) in [6.45, 7) is 11.2. The van der Waals surface area contributed by atoms with Gasteiger partial charge in [-0.15, -0.1) is 0 Å². The second-order valence-corrected chi connectivity index (χ2v) is 8.38. The molecule has 5 heteroatoms. The van der Waals surface area contributed by atoms with E-state index in [2.05, 4.69) is 43.1 Å². The highest BCUT2D eigenvalue weighted by molar-refractivity contribution is 5.79. The van der Waals surface area contributed by atoms with Crippen molar-refractivity contribution in [2.75, 3.05) is 20.1 Å². The molecule has 1 saturated carbocycles. The summed E-state index contributed by atoms with van der Waals surface area (Å²) in [6, 6.07) is 0.747. The Hall–Kier alpha value is -1.36. The highest BCUT2D eigenvalue weighted by Gasteiger charge is 2.18. The van der Waals surface area contributed by atoms with Crippen molar-refractivity contribution in [1.82, 2.24) is 20.0 Å². The average Bonchev–Trinajstić information content (AvgIpc) is 2.86. The normalized spacial score (nSPS) is 15.8. The van der Waals surface area contributed by atoms with Gasteiger partial charge in [-0.3, -0.25) is 9.48 Å². The zero-order valence-corrected chi connectivity index (χ0v) is 17.5. The van der Waals surface area contributed by atoms with Crippen LogP contribution in [-0.4, -0.2) is 46.8 Å². The van der Waals surface area contributed by atoms with Crippen molar-refractivity contribution in [3.05, 3.63) is 17.0 Å². The number of amides is 1. The third-order valence-electron chi connectivity index (χ3n) is 5.61. The van der Waals surface area contributed by atoms with E-state index >= 15 is 0 Å². The van der Waals surface area contributed by atoms with Crippen LogP contribution in [0.5, 0.6) is 0 Å². The molecule has 0 bridgehead atoms. The van der Waals surface area contributed by atoms with Crippen LogP contribution in [0.4, 0.5) is 0 Å². The maximum absolute atomic E-state index is 12.3. The van der Waals surface area contributed by atoms with E-state index in [-0.39, 0.29) is 5.91 Å². The Kier molecular flexibility index (Phi) is 8.14. The lowest BCUT2D eigenvalue weighted by atomic mass is 9.94. The van der Waals surface area contributed by atoms with E-state index in [1.807, 2.05) is 11.6 Å². The summed E-state index contributed by atoms with van der Waals surface area (Å²) in [5.41, 5.74) is 3.20. The molecule has 0 atom stereocenters. The van der Waals surface area contributed by atoms with Gasteiger partial charge < -0.3 is 10.2 Å². The summed E-state index contributed by atoms with van der Waals surface area (Å²) < 4.78 is 2.04. The summed E-state index contributed by atoms with van der Waals surface area (Å²) in [5, 5.41) is 7.70. The Morgan fingerprint density at radius 1 is 1.27 bits per heavy atom. The number of hydrogen-bond donors (Lipinski definition) is 1. The zero-order valence-electron chi connectivity index (χ0n) is 17.5. The second-order valence-electron chi connectivity index (χ2n) is 8.38. The van der Waals surface area contributed by atoms with Gasteiger partial charge in [-0.2, -0.15) is 5.10 Å². The van der Waals surface area contributed by atoms with Gasteiger partial charge in [0, 0.05) is 30.4 Å². The number of carbonyl (C=O) groups excluding carboxylic acids is 1. The van der Waals surface area contributed by atoms with Crippen LogP contribution < -0.4 is 5.32 Å². The molecule has 0 aromatic carbocycles. The minimum atomic E-state index is 0.112. The summed E-state index contributed by atoms with van der Waals surface area (Å²) >= 11 is 0. The highest BCUT2D eigenvalue weighted by Crippen LogP contribution is 2.21. The third kappa shape index (κ3) is 6.11. The maximum Gasteiger partial charge on any atom is 0.224 e. The van der Waals surface area contributed by atoms with Crippen molar-refractivity contribution in [2.45, 2.75) is 85.2 Å². The largest absolute Gasteiger partial charge is 0.356 e. The van der Waals surface area contributed by atoms with Gasteiger partial charge in [0.25, 0.3) is 0 Å². The van der Waals surface area contributed by atoms with Gasteiger partial charge in [0.1, 0.15) is 0 Å². The van der Waals surface area contributed by atoms with Gasteiger partial charge in [-0.1, -0.05) is 33.1 Å². The molecule has 1 aliphatic rings. The van der Waals surface area contributed by atoms with E-state index in [0.717, 1.165) is 49.0 Å². The van der Waals surface area contributed by atoms with E-state index in [0.29, 0.717) is 12.3 Å². The Labute approximate surface area is 159 Å². The third-order valence-corrected chi connectivity index (χ3v) is 5.61. The predicted octanol–water partition coefficient (Wildman–Crippen LogP) is 3.47. The number of nitrogens with one attached hydrogen (secondary N) is 1. The number of nitrogens with zero attached hydrogens (tertiary/aromatic N) is 3. The molecule has 1 aromatic heterocycles. The second kappa shape index (κ2) is 10.1. The SMILES string of the molecule is Cc1nn(CC(C)C)c(C)c1CC(=O)NCCCN(C)C1CCCCC1. The lowest BCUT2D eigenvalue weighted by Gasteiger charge is -2.31. The lowest BCUT2D eigenvalue weighted by molar-refractivity contribution is -0.120. The molecule has 148 valence electrons. The fraction of sp³-hybridized carbons (Fsp3) is 0.810. The van der Waals surface area contributed by atoms with Gasteiger partial charge >= 0.3 is 0 Å². The Morgan fingerprint density at radius 3 is 2.62 bits per heavy atom. The van der Waals surface area contributed by atoms with Crippen LogP contribution in [0.3, 0.4) is 0 Å². The van der Waals surface area contributed by atoms with Crippen LogP contribution in [0.2, 0.25) is 0 Å². The van der Waals surface area contributed by atoms with E-state index in [1.165, 1.54) is 32.1 Å². The van der Waals surface area contributed by atoms with Crippen LogP contribution in [0.1, 0.15) is 69.3 Å². The van der Waals surface area contributed by atoms with Crippen LogP contribution in [0, 0.1) is 19.8 Å². The molecule has 1 heterocycles. The number of aromatic nitrogens is 2. The zero-order chi connectivity index (χ0) is 19.1. The molecule has 1 fully saturated rings. The summed E-state index contributed by atoms with van der Waals surface area (Å²) in [5.74, 6) is 0.663. The van der Waals surface area contributed by atoms with Crippen molar-refractivity contribution in [1.29, 1.82) is 0 Å². The molecule has 0 radical (unpaired) electrons.